The van der Waals surface area contributed by atoms with Crippen molar-refractivity contribution in [2.45, 2.75) is 126 Å². The SMILES string of the molecule is CCc1c2[nH]c(c1C)/C=C1\NC(=C(C)[C@H]1CC)/C=C1\NC(C3=c4[nH]/c(c(C)c4[C@H](O)[C@@H]3C(O)OC)=C\2)[C@@H](CCC(=O)OC/C=C(/C)CCCC(C)C)[C@@H]1C. The molecule has 2 unspecified atom stereocenters. The van der Waals surface area contributed by atoms with Crippen molar-refractivity contribution in [3.8, 4) is 0 Å². The van der Waals surface area contributed by atoms with Gasteiger partial charge in [-0.05, 0) is 124 Å². The summed E-state index contributed by atoms with van der Waals surface area (Å²) in [5, 5.41) is 32.8. The van der Waals surface area contributed by atoms with Crippen LogP contribution in [0, 0.1) is 43.4 Å². The Balaban J connectivity index is 1.44. The van der Waals surface area contributed by atoms with Gasteiger partial charge >= 0.3 is 5.97 Å². The zero-order valence-corrected chi connectivity index (χ0v) is 34.2. The Morgan fingerprint density at radius 3 is 2.46 bits per heavy atom. The lowest BCUT2D eigenvalue weighted by atomic mass is 9.79. The van der Waals surface area contributed by atoms with Gasteiger partial charge in [0.2, 0.25) is 0 Å². The minimum Gasteiger partial charge on any atom is -0.461 e. The zero-order chi connectivity index (χ0) is 39.0. The van der Waals surface area contributed by atoms with E-state index in [1.165, 1.54) is 41.5 Å². The first kappa shape index (κ1) is 39.9. The molecule has 294 valence electrons. The van der Waals surface area contributed by atoms with Gasteiger partial charge in [-0.25, -0.2) is 0 Å². The van der Waals surface area contributed by atoms with E-state index < -0.39 is 18.3 Å². The summed E-state index contributed by atoms with van der Waals surface area (Å²) in [6, 6.07) is -0.281. The number of aliphatic hydroxyl groups excluding tert-OH is 2. The molecule has 3 aliphatic heterocycles. The molecule has 54 heavy (non-hydrogen) atoms. The van der Waals surface area contributed by atoms with Gasteiger partial charge in [0.1, 0.15) is 6.61 Å². The molecule has 6 rings (SSSR count). The lowest BCUT2D eigenvalue weighted by Crippen LogP contribution is -2.39. The van der Waals surface area contributed by atoms with Crippen molar-refractivity contribution in [2.24, 2.45) is 29.6 Å². The summed E-state index contributed by atoms with van der Waals surface area (Å²) in [6.45, 7) is 20.0. The number of esters is 1. The molecule has 0 saturated carbocycles. The van der Waals surface area contributed by atoms with Crippen LogP contribution < -0.4 is 21.3 Å². The Hall–Kier alpha value is -3.79. The number of aliphatic hydroxyl groups is 2. The second kappa shape index (κ2) is 16.5. The average Bonchev–Trinajstić information content (AvgIpc) is 3.87. The topological polar surface area (TPSA) is 132 Å². The van der Waals surface area contributed by atoms with Crippen LogP contribution in [-0.2, 0) is 20.7 Å². The molecule has 1 aliphatic carbocycles. The Labute approximate surface area is 321 Å². The number of rotatable bonds is 13. The van der Waals surface area contributed by atoms with Crippen LogP contribution in [0.4, 0.5) is 0 Å². The third kappa shape index (κ3) is 7.56. The lowest BCUT2D eigenvalue weighted by Gasteiger charge is -2.30. The molecule has 1 saturated heterocycles. The largest absolute Gasteiger partial charge is 0.461 e. The highest BCUT2D eigenvalue weighted by molar-refractivity contribution is 5.70. The summed E-state index contributed by atoms with van der Waals surface area (Å²) < 4.78 is 11.3. The monoisotopic (exact) mass is 740 g/mol. The van der Waals surface area contributed by atoms with E-state index in [1.807, 2.05) is 13.0 Å². The van der Waals surface area contributed by atoms with Gasteiger partial charge in [0.25, 0.3) is 0 Å². The molecule has 9 heteroatoms. The maximum Gasteiger partial charge on any atom is 0.306 e. The molecule has 2 aromatic heterocycles. The summed E-state index contributed by atoms with van der Waals surface area (Å²) in [6.07, 6.45) is 12.6. The summed E-state index contributed by atoms with van der Waals surface area (Å²) in [4.78, 5) is 20.7. The summed E-state index contributed by atoms with van der Waals surface area (Å²) in [5.74, 6) is 0.0544. The van der Waals surface area contributed by atoms with Gasteiger partial charge in [-0.2, -0.15) is 0 Å². The van der Waals surface area contributed by atoms with Crippen molar-refractivity contribution in [1.29, 1.82) is 0 Å². The van der Waals surface area contributed by atoms with Gasteiger partial charge in [-0.1, -0.05) is 46.6 Å². The van der Waals surface area contributed by atoms with E-state index in [2.05, 4.69) is 94.2 Å². The van der Waals surface area contributed by atoms with Gasteiger partial charge < -0.3 is 40.3 Å². The quantitative estimate of drug-likeness (QED) is 0.0776. The van der Waals surface area contributed by atoms with Crippen molar-refractivity contribution in [1.82, 2.24) is 20.6 Å². The van der Waals surface area contributed by atoms with Gasteiger partial charge in [0.05, 0.1) is 18.1 Å². The van der Waals surface area contributed by atoms with Crippen molar-refractivity contribution in [3.05, 3.63) is 84.7 Å². The average molecular weight is 741 g/mol. The lowest BCUT2D eigenvalue weighted by molar-refractivity contribution is -0.142. The van der Waals surface area contributed by atoms with Crippen LogP contribution in [0.1, 0.15) is 127 Å². The number of methoxy groups -OCH3 is 1. The first-order valence-electron chi connectivity index (χ1n) is 20.3. The van der Waals surface area contributed by atoms with E-state index in [0.29, 0.717) is 12.3 Å². The second-order valence-electron chi connectivity index (χ2n) is 16.6. The second-order valence-corrected chi connectivity index (χ2v) is 16.6. The molecular formula is C45H64N4O5. The fourth-order valence-corrected chi connectivity index (χ4v) is 9.50. The van der Waals surface area contributed by atoms with Crippen molar-refractivity contribution >= 4 is 23.7 Å². The van der Waals surface area contributed by atoms with Crippen LogP contribution in [0.25, 0.3) is 17.7 Å². The number of carbonyl (C=O) groups is 1. The molecular weight excluding hydrogens is 677 g/mol. The number of aromatic amines is 2. The van der Waals surface area contributed by atoms with Gasteiger partial charge in [-0.15, -0.1) is 0 Å². The van der Waals surface area contributed by atoms with Crippen molar-refractivity contribution in [3.63, 3.8) is 0 Å². The number of ether oxygens (including phenoxy) is 2. The van der Waals surface area contributed by atoms with E-state index in [-0.39, 0.29) is 42.8 Å². The molecule has 0 aromatic carbocycles. The number of carbonyl (C=O) groups excluding carboxylic acids is 1. The van der Waals surface area contributed by atoms with Crippen molar-refractivity contribution < 1.29 is 24.5 Å². The number of aromatic nitrogens is 2. The van der Waals surface area contributed by atoms with Crippen LogP contribution >= 0.6 is 0 Å². The first-order valence-corrected chi connectivity index (χ1v) is 20.3. The van der Waals surface area contributed by atoms with E-state index in [4.69, 9.17) is 9.47 Å². The number of nitrogens with one attached hydrogen (secondary N) is 4. The van der Waals surface area contributed by atoms with Gasteiger partial charge in [0, 0.05) is 70.1 Å². The first-order chi connectivity index (χ1) is 25.8. The minimum absolute atomic E-state index is 0.0253. The molecule has 0 amide bonds. The molecule has 4 aliphatic rings. The predicted octanol–water partition coefficient (Wildman–Crippen LogP) is 6.59. The van der Waals surface area contributed by atoms with Crippen LogP contribution in [0.15, 0.2) is 40.4 Å². The Kier molecular flexibility index (Phi) is 12.2. The summed E-state index contributed by atoms with van der Waals surface area (Å²) >= 11 is 0. The van der Waals surface area contributed by atoms with Crippen LogP contribution in [0.3, 0.4) is 0 Å². The molecule has 8 bridgehead atoms. The van der Waals surface area contributed by atoms with E-state index in [9.17, 15) is 15.0 Å². The van der Waals surface area contributed by atoms with E-state index in [1.54, 1.807) is 0 Å². The molecule has 0 radical (unpaired) electrons. The Morgan fingerprint density at radius 2 is 1.78 bits per heavy atom. The highest BCUT2D eigenvalue weighted by Gasteiger charge is 2.49. The number of allylic oxidation sites excluding steroid dienone is 4. The molecule has 5 heterocycles. The molecule has 2 aromatic rings. The smallest absolute Gasteiger partial charge is 0.306 e. The number of H-pyrrole nitrogens is 2. The molecule has 9 nitrogen and oxygen atoms in total. The van der Waals surface area contributed by atoms with E-state index in [0.717, 1.165) is 75.9 Å². The third-order valence-electron chi connectivity index (χ3n) is 12.8. The minimum atomic E-state index is -1.22. The number of fused-ring (bicyclic) bond motifs is 8. The van der Waals surface area contributed by atoms with Crippen molar-refractivity contribution in [2.75, 3.05) is 13.7 Å². The highest BCUT2D eigenvalue weighted by atomic mass is 16.6. The summed E-state index contributed by atoms with van der Waals surface area (Å²) in [7, 11) is 1.48. The van der Waals surface area contributed by atoms with Crippen LogP contribution in [0.5, 0.6) is 0 Å². The molecule has 7 atom stereocenters. The number of hydrogen-bond donors (Lipinski definition) is 6. The predicted molar refractivity (Wildman–Crippen MR) is 216 cm³/mol. The third-order valence-corrected chi connectivity index (χ3v) is 12.8. The Bertz CT molecular complexity index is 1990. The molecule has 6 N–H and O–H groups in total. The van der Waals surface area contributed by atoms with Crippen LogP contribution in [0.2, 0.25) is 0 Å². The normalized spacial score (nSPS) is 28.0. The Morgan fingerprint density at radius 1 is 1.02 bits per heavy atom. The summed E-state index contributed by atoms with van der Waals surface area (Å²) in [5.41, 5.74) is 13.1. The number of hydrogen-bond acceptors (Lipinski definition) is 7. The molecule has 1 fully saturated rings. The van der Waals surface area contributed by atoms with Gasteiger partial charge in [0.15, 0.2) is 6.29 Å². The fourth-order valence-electron chi connectivity index (χ4n) is 9.50. The fraction of sp³-hybridized carbons (Fsp3) is 0.578. The maximum atomic E-state index is 13.3. The van der Waals surface area contributed by atoms with E-state index >= 15 is 0 Å². The van der Waals surface area contributed by atoms with Crippen LogP contribution in [-0.4, -0.2) is 52.2 Å². The van der Waals surface area contributed by atoms with Gasteiger partial charge in [-0.3, -0.25) is 4.79 Å². The standard InChI is InChI=1S/C45H64N4O5/c1-11-29-25(6)32-20-34-27(8)31(16-17-38(50)54-19-18-24(5)15-13-14-23(3)4)42(48-34)40-41(45(52)53-10)44(51)39-28(9)35(49-43(39)40)22-37-30(12-2)26(7)33(47-37)21-36(29)46-32/h18,20-23,27,29,31,41-42,44-49,51-52H,11-17,19H2,1-10H3/b24-18-,34-20-,35-22-,36-21-/t27-,29+,31-,41+,42?,44-,45?/m0/s1. The highest BCUT2D eigenvalue weighted by Crippen LogP contribution is 2.46. The zero-order valence-electron chi connectivity index (χ0n) is 34.2. The maximum absolute atomic E-state index is 13.3. The molecule has 0 spiro atoms.